The highest BCUT2D eigenvalue weighted by Gasteiger charge is 2.37. The molecule has 1 heterocycles. The molecule has 2 aliphatic rings. The molecule has 15 heavy (non-hydrogen) atoms. The van der Waals surface area contributed by atoms with Gasteiger partial charge >= 0.3 is 0 Å². The molecule has 2 N–H and O–H groups in total. The second-order valence-corrected chi connectivity index (χ2v) is 6.18. The van der Waals surface area contributed by atoms with Crippen molar-refractivity contribution in [2.75, 3.05) is 13.2 Å². The van der Waals surface area contributed by atoms with Crippen LogP contribution in [0.1, 0.15) is 46.0 Å². The standard InChI is InChI=1S/C13H25NO/c1-13(2)6-3-12(14)11(9-13)10-4-7-15-8-5-10/h10-12H,3-9,14H2,1-2H3. The molecule has 0 aromatic carbocycles. The van der Waals surface area contributed by atoms with Crippen LogP contribution in [-0.4, -0.2) is 19.3 Å². The molecule has 2 unspecified atom stereocenters. The number of rotatable bonds is 1. The van der Waals surface area contributed by atoms with Crippen LogP contribution in [0, 0.1) is 17.3 Å². The second-order valence-electron chi connectivity index (χ2n) is 6.18. The van der Waals surface area contributed by atoms with E-state index in [1.165, 1.54) is 32.1 Å². The van der Waals surface area contributed by atoms with Crippen LogP contribution in [0.2, 0.25) is 0 Å². The van der Waals surface area contributed by atoms with Crippen LogP contribution in [0.15, 0.2) is 0 Å². The molecule has 0 bridgehead atoms. The predicted octanol–water partition coefficient (Wildman–Crippen LogP) is 2.57. The topological polar surface area (TPSA) is 35.2 Å². The SMILES string of the molecule is CC1(C)CCC(N)C(C2CCOCC2)C1. The van der Waals surface area contributed by atoms with Crippen LogP contribution in [0.5, 0.6) is 0 Å². The first-order valence-corrected chi connectivity index (χ1v) is 6.42. The summed E-state index contributed by atoms with van der Waals surface area (Å²) in [4.78, 5) is 0. The molecule has 0 aromatic heterocycles. The Balaban J connectivity index is 1.98. The summed E-state index contributed by atoms with van der Waals surface area (Å²) in [5, 5.41) is 0. The molecule has 2 nitrogen and oxygen atoms in total. The third kappa shape index (κ3) is 2.73. The van der Waals surface area contributed by atoms with Crippen LogP contribution in [-0.2, 0) is 4.74 Å². The van der Waals surface area contributed by atoms with Crippen molar-refractivity contribution in [2.24, 2.45) is 23.0 Å². The molecule has 0 spiro atoms. The molecule has 1 saturated heterocycles. The van der Waals surface area contributed by atoms with Gasteiger partial charge in [-0.3, -0.25) is 0 Å². The van der Waals surface area contributed by atoms with E-state index in [0.717, 1.165) is 25.0 Å². The van der Waals surface area contributed by atoms with Crippen LogP contribution in [0.25, 0.3) is 0 Å². The lowest BCUT2D eigenvalue weighted by atomic mass is 9.65. The summed E-state index contributed by atoms with van der Waals surface area (Å²) in [6.45, 7) is 6.69. The van der Waals surface area contributed by atoms with Gasteiger partial charge in [-0.1, -0.05) is 13.8 Å². The van der Waals surface area contributed by atoms with E-state index in [4.69, 9.17) is 10.5 Å². The quantitative estimate of drug-likeness (QED) is 0.723. The van der Waals surface area contributed by atoms with E-state index in [9.17, 15) is 0 Å². The number of nitrogens with two attached hydrogens (primary N) is 1. The normalized spacial score (nSPS) is 37.8. The Morgan fingerprint density at radius 1 is 1.13 bits per heavy atom. The molecule has 2 heteroatoms. The van der Waals surface area contributed by atoms with Gasteiger partial charge in [-0.25, -0.2) is 0 Å². The number of hydrogen-bond acceptors (Lipinski definition) is 2. The van der Waals surface area contributed by atoms with E-state index >= 15 is 0 Å². The minimum Gasteiger partial charge on any atom is -0.381 e. The van der Waals surface area contributed by atoms with Crippen molar-refractivity contribution in [1.82, 2.24) is 0 Å². The van der Waals surface area contributed by atoms with Crippen LogP contribution in [0.4, 0.5) is 0 Å². The molecule has 2 fully saturated rings. The van der Waals surface area contributed by atoms with Crippen molar-refractivity contribution >= 4 is 0 Å². The molecule has 1 aliphatic carbocycles. The fourth-order valence-corrected chi connectivity index (χ4v) is 3.32. The predicted molar refractivity (Wildman–Crippen MR) is 62.6 cm³/mol. The summed E-state index contributed by atoms with van der Waals surface area (Å²) >= 11 is 0. The Kier molecular flexibility index (Phi) is 3.36. The molecular formula is C13H25NO. The van der Waals surface area contributed by atoms with E-state index in [-0.39, 0.29) is 0 Å². The molecular weight excluding hydrogens is 186 g/mol. The fourth-order valence-electron chi connectivity index (χ4n) is 3.32. The monoisotopic (exact) mass is 211 g/mol. The Bertz CT molecular complexity index is 209. The molecule has 0 amide bonds. The summed E-state index contributed by atoms with van der Waals surface area (Å²) in [5.74, 6) is 1.57. The molecule has 2 rings (SSSR count). The van der Waals surface area contributed by atoms with Gasteiger partial charge in [0, 0.05) is 19.3 Å². The third-order valence-electron chi connectivity index (χ3n) is 4.36. The maximum absolute atomic E-state index is 6.29. The molecule has 88 valence electrons. The molecule has 0 radical (unpaired) electrons. The lowest BCUT2D eigenvalue weighted by Gasteiger charge is -2.44. The van der Waals surface area contributed by atoms with Crippen molar-refractivity contribution in [3.8, 4) is 0 Å². The lowest BCUT2D eigenvalue weighted by molar-refractivity contribution is 0.0170. The molecule has 1 saturated carbocycles. The van der Waals surface area contributed by atoms with E-state index in [1.54, 1.807) is 0 Å². The second kappa shape index (κ2) is 4.42. The van der Waals surface area contributed by atoms with Crippen molar-refractivity contribution in [1.29, 1.82) is 0 Å². The number of hydrogen-bond donors (Lipinski definition) is 1. The molecule has 0 aromatic rings. The Morgan fingerprint density at radius 2 is 1.80 bits per heavy atom. The van der Waals surface area contributed by atoms with Crippen LogP contribution in [0.3, 0.4) is 0 Å². The zero-order chi connectivity index (χ0) is 10.9. The average molecular weight is 211 g/mol. The van der Waals surface area contributed by atoms with Crippen molar-refractivity contribution in [3.05, 3.63) is 0 Å². The zero-order valence-corrected chi connectivity index (χ0v) is 10.2. The van der Waals surface area contributed by atoms with Gasteiger partial charge < -0.3 is 10.5 Å². The van der Waals surface area contributed by atoms with Crippen molar-refractivity contribution in [3.63, 3.8) is 0 Å². The first-order chi connectivity index (χ1) is 7.08. The Hall–Kier alpha value is -0.0800. The lowest BCUT2D eigenvalue weighted by Crippen LogP contribution is -2.44. The first-order valence-electron chi connectivity index (χ1n) is 6.42. The van der Waals surface area contributed by atoms with Crippen LogP contribution < -0.4 is 5.73 Å². The maximum Gasteiger partial charge on any atom is 0.0468 e. The van der Waals surface area contributed by atoms with E-state index in [1.807, 2.05) is 0 Å². The largest absolute Gasteiger partial charge is 0.381 e. The van der Waals surface area contributed by atoms with E-state index in [0.29, 0.717) is 11.5 Å². The minimum atomic E-state index is 0.445. The van der Waals surface area contributed by atoms with Crippen molar-refractivity contribution in [2.45, 2.75) is 52.0 Å². The van der Waals surface area contributed by atoms with Gasteiger partial charge in [-0.2, -0.15) is 0 Å². The van der Waals surface area contributed by atoms with Gasteiger partial charge in [-0.05, 0) is 49.4 Å². The van der Waals surface area contributed by atoms with Crippen LogP contribution >= 0.6 is 0 Å². The fraction of sp³-hybridized carbons (Fsp3) is 1.00. The summed E-state index contributed by atoms with van der Waals surface area (Å²) in [5.41, 5.74) is 6.80. The smallest absolute Gasteiger partial charge is 0.0468 e. The average Bonchev–Trinajstić information content (AvgIpc) is 2.23. The first kappa shape index (κ1) is 11.4. The van der Waals surface area contributed by atoms with Gasteiger partial charge in [0.15, 0.2) is 0 Å². The summed E-state index contributed by atoms with van der Waals surface area (Å²) in [6.07, 6.45) is 6.30. The molecule has 2 atom stereocenters. The summed E-state index contributed by atoms with van der Waals surface area (Å²) in [7, 11) is 0. The third-order valence-corrected chi connectivity index (χ3v) is 4.36. The van der Waals surface area contributed by atoms with Gasteiger partial charge in [0.25, 0.3) is 0 Å². The molecule has 1 aliphatic heterocycles. The highest BCUT2D eigenvalue weighted by atomic mass is 16.5. The Labute approximate surface area is 93.6 Å². The summed E-state index contributed by atoms with van der Waals surface area (Å²) in [6, 6.07) is 0.445. The number of ether oxygens (including phenoxy) is 1. The highest BCUT2D eigenvalue weighted by molar-refractivity contribution is 4.90. The van der Waals surface area contributed by atoms with E-state index in [2.05, 4.69) is 13.8 Å². The Morgan fingerprint density at radius 3 is 2.47 bits per heavy atom. The minimum absolute atomic E-state index is 0.445. The van der Waals surface area contributed by atoms with Gasteiger partial charge in [0.2, 0.25) is 0 Å². The maximum atomic E-state index is 6.29. The van der Waals surface area contributed by atoms with E-state index < -0.39 is 0 Å². The van der Waals surface area contributed by atoms with Gasteiger partial charge in [-0.15, -0.1) is 0 Å². The van der Waals surface area contributed by atoms with Gasteiger partial charge in [0.05, 0.1) is 0 Å². The zero-order valence-electron chi connectivity index (χ0n) is 10.2. The van der Waals surface area contributed by atoms with Gasteiger partial charge in [0.1, 0.15) is 0 Å². The highest BCUT2D eigenvalue weighted by Crippen LogP contribution is 2.43. The summed E-state index contributed by atoms with van der Waals surface area (Å²) < 4.78 is 5.44. The van der Waals surface area contributed by atoms with Crippen molar-refractivity contribution < 1.29 is 4.74 Å².